The summed E-state index contributed by atoms with van der Waals surface area (Å²) in [5, 5.41) is 0. The van der Waals surface area contributed by atoms with Gasteiger partial charge in [0.25, 0.3) is 0 Å². The van der Waals surface area contributed by atoms with E-state index in [1.54, 1.807) is 13.0 Å². The molecule has 0 saturated heterocycles. The fraction of sp³-hybridized carbons (Fsp3) is 0.350. The number of likely N-dealkylation sites (N-methyl/N-ethyl adjacent to an activating group) is 2. The number of hydrogen-bond donors (Lipinski definition) is 2. The van der Waals surface area contributed by atoms with E-state index in [1.165, 1.54) is 13.1 Å². The maximum Gasteiger partial charge on any atom is 0.319 e. The number of primary amides is 1. The van der Waals surface area contributed by atoms with E-state index in [2.05, 4.69) is 9.71 Å². The van der Waals surface area contributed by atoms with Gasteiger partial charge in [0.15, 0.2) is 0 Å². The molecule has 10 heteroatoms. The van der Waals surface area contributed by atoms with E-state index in [-0.39, 0.29) is 11.5 Å². The summed E-state index contributed by atoms with van der Waals surface area (Å²) in [6.07, 6.45) is 4.11. The topological polar surface area (TPSA) is 125 Å². The van der Waals surface area contributed by atoms with Crippen molar-refractivity contribution < 1.29 is 18.0 Å². The first-order chi connectivity index (χ1) is 14.0. The number of hydrogen-bond acceptors (Lipinski definition) is 6. The molecule has 0 bridgehead atoms. The number of anilines is 1. The van der Waals surface area contributed by atoms with E-state index in [0.717, 1.165) is 23.4 Å². The van der Waals surface area contributed by atoms with Gasteiger partial charge in [-0.25, -0.2) is 22.9 Å². The van der Waals surface area contributed by atoms with Crippen LogP contribution in [0.3, 0.4) is 0 Å². The number of carbonyl (C=O) groups is 2. The fourth-order valence-corrected chi connectivity index (χ4v) is 3.34. The molecule has 2 amide bonds. The van der Waals surface area contributed by atoms with E-state index in [1.807, 2.05) is 36.1 Å². The van der Waals surface area contributed by atoms with Crippen molar-refractivity contribution in [2.75, 3.05) is 37.8 Å². The third kappa shape index (κ3) is 6.26. The summed E-state index contributed by atoms with van der Waals surface area (Å²) in [6, 6.07) is 6.75. The lowest BCUT2D eigenvalue weighted by atomic mass is 10.0. The van der Waals surface area contributed by atoms with Crippen LogP contribution in [0, 0.1) is 0 Å². The number of urea groups is 1. The number of rotatable bonds is 8. The van der Waals surface area contributed by atoms with Gasteiger partial charge in [-0.3, -0.25) is 9.69 Å². The Morgan fingerprint density at radius 1 is 1.20 bits per heavy atom. The van der Waals surface area contributed by atoms with E-state index < -0.39 is 16.1 Å². The second kappa shape index (κ2) is 9.68. The molecule has 0 heterocycles. The summed E-state index contributed by atoms with van der Waals surface area (Å²) < 4.78 is 24.9. The van der Waals surface area contributed by atoms with Gasteiger partial charge in [-0.15, -0.1) is 0 Å². The predicted octanol–water partition coefficient (Wildman–Crippen LogP) is 1.56. The molecule has 1 aliphatic rings. The largest absolute Gasteiger partial charge is 0.370 e. The minimum Gasteiger partial charge on any atom is -0.370 e. The fourth-order valence-electron chi connectivity index (χ4n) is 2.87. The Hall–Kier alpha value is -2.98. The zero-order valence-corrected chi connectivity index (χ0v) is 18.4. The first-order valence-electron chi connectivity index (χ1n) is 9.38. The van der Waals surface area contributed by atoms with Gasteiger partial charge in [0, 0.05) is 32.4 Å². The number of carbonyl (C=O) groups excluding carboxylic acids is 2. The minimum absolute atomic E-state index is 0.166. The highest BCUT2D eigenvalue weighted by molar-refractivity contribution is 7.88. The third-order valence-corrected chi connectivity index (χ3v) is 5.29. The van der Waals surface area contributed by atoms with Gasteiger partial charge in [-0.1, -0.05) is 0 Å². The highest BCUT2D eigenvalue weighted by atomic mass is 32.2. The van der Waals surface area contributed by atoms with Crippen LogP contribution in [0.5, 0.6) is 0 Å². The standard InChI is InChI=1S/C20H27N5O4S/c1-5-25(11-10-22-30(4,28)29)16-8-6-15(7-9-16)23-17-13-18(24(3)20(21)27)19(26)12-14(17)2/h6-9,12-13,22H,5,10-11H2,1-4H3,(H2,21,27). The average molecular weight is 434 g/mol. The Morgan fingerprint density at radius 2 is 1.83 bits per heavy atom. The first-order valence-corrected chi connectivity index (χ1v) is 11.3. The lowest BCUT2D eigenvalue weighted by molar-refractivity contribution is -0.112. The molecule has 0 fully saturated rings. The van der Waals surface area contributed by atoms with Crippen LogP contribution in [0.1, 0.15) is 13.8 Å². The van der Waals surface area contributed by atoms with Crippen molar-refractivity contribution in [3.8, 4) is 0 Å². The zero-order valence-electron chi connectivity index (χ0n) is 17.5. The van der Waals surface area contributed by atoms with Crippen LogP contribution >= 0.6 is 0 Å². The summed E-state index contributed by atoms with van der Waals surface area (Å²) >= 11 is 0. The van der Waals surface area contributed by atoms with Crippen LogP contribution in [0.15, 0.2) is 52.7 Å². The molecule has 3 N–H and O–H groups in total. The second-order valence-corrected chi connectivity index (χ2v) is 8.71. The SMILES string of the molecule is CCN(CCNS(C)(=O)=O)c1ccc(N=C2C=C(N(C)C(N)=O)C(=O)C=C2C)cc1. The number of nitrogens with zero attached hydrogens (tertiary/aromatic N) is 3. The Bertz CT molecular complexity index is 1010. The molecular weight excluding hydrogens is 406 g/mol. The van der Waals surface area contributed by atoms with Crippen LogP contribution in [0.2, 0.25) is 0 Å². The number of sulfonamides is 1. The lowest BCUT2D eigenvalue weighted by Gasteiger charge is -2.23. The predicted molar refractivity (Wildman–Crippen MR) is 118 cm³/mol. The molecule has 0 atom stereocenters. The van der Waals surface area contributed by atoms with Crippen LogP contribution in [0.25, 0.3) is 0 Å². The van der Waals surface area contributed by atoms with Crippen molar-refractivity contribution in [1.29, 1.82) is 0 Å². The Kier molecular flexibility index (Phi) is 7.52. The van der Waals surface area contributed by atoms with Crippen molar-refractivity contribution in [3.05, 3.63) is 47.7 Å². The van der Waals surface area contributed by atoms with Crippen LogP contribution < -0.4 is 15.4 Å². The molecule has 0 aliphatic heterocycles. The van der Waals surface area contributed by atoms with Gasteiger partial charge < -0.3 is 10.6 Å². The molecule has 0 spiro atoms. The van der Waals surface area contributed by atoms with Gasteiger partial charge in [-0.2, -0.15) is 0 Å². The molecule has 0 aromatic heterocycles. The summed E-state index contributed by atoms with van der Waals surface area (Å²) in [7, 11) is -1.78. The number of nitrogens with one attached hydrogen (secondary N) is 1. The van der Waals surface area contributed by atoms with Crippen molar-refractivity contribution in [2.45, 2.75) is 13.8 Å². The molecule has 1 aromatic carbocycles. The second-order valence-electron chi connectivity index (χ2n) is 6.88. The Balaban J connectivity index is 2.20. The quantitative estimate of drug-likeness (QED) is 0.602. The van der Waals surface area contributed by atoms with Crippen molar-refractivity contribution in [1.82, 2.24) is 9.62 Å². The number of aliphatic imine (C=N–C) groups is 1. The van der Waals surface area contributed by atoms with Crippen LogP contribution in [-0.2, 0) is 14.8 Å². The minimum atomic E-state index is -3.22. The van der Waals surface area contributed by atoms with Gasteiger partial charge in [0.2, 0.25) is 15.8 Å². The van der Waals surface area contributed by atoms with E-state index >= 15 is 0 Å². The molecule has 162 valence electrons. The maximum atomic E-state index is 12.2. The summed E-state index contributed by atoms with van der Waals surface area (Å²) in [6.45, 7) is 5.33. The molecule has 1 aromatic rings. The Labute approximate surface area is 177 Å². The van der Waals surface area contributed by atoms with Crippen LogP contribution in [0.4, 0.5) is 16.2 Å². The Morgan fingerprint density at radius 3 is 2.37 bits per heavy atom. The normalized spacial score (nSPS) is 15.6. The van der Waals surface area contributed by atoms with Gasteiger partial charge in [0.1, 0.15) is 0 Å². The van der Waals surface area contributed by atoms with Gasteiger partial charge in [-0.05, 0) is 55.8 Å². The highest BCUT2D eigenvalue weighted by Gasteiger charge is 2.22. The lowest BCUT2D eigenvalue weighted by Crippen LogP contribution is -2.35. The molecule has 30 heavy (non-hydrogen) atoms. The first kappa shape index (κ1) is 23.3. The van der Waals surface area contributed by atoms with Gasteiger partial charge >= 0.3 is 6.03 Å². The monoisotopic (exact) mass is 433 g/mol. The number of benzene rings is 1. The maximum absolute atomic E-state index is 12.2. The summed E-state index contributed by atoms with van der Waals surface area (Å²) in [5.74, 6) is -0.301. The van der Waals surface area contributed by atoms with E-state index in [0.29, 0.717) is 30.1 Å². The number of amides is 2. The van der Waals surface area contributed by atoms with Gasteiger partial charge in [0.05, 0.1) is 23.4 Å². The van der Waals surface area contributed by atoms with Crippen LogP contribution in [-0.4, -0.2) is 63.8 Å². The molecule has 0 unspecified atom stereocenters. The van der Waals surface area contributed by atoms with E-state index in [4.69, 9.17) is 5.73 Å². The number of nitrogens with two attached hydrogens (primary N) is 1. The van der Waals surface area contributed by atoms with E-state index in [9.17, 15) is 18.0 Å². The molecule has 1 aliphatic carbocycles. The molecule has 9 nitrogen and oxygen atoms in total. The third-order valence-electron chi connectivity index (χ3n) is 4.56. The smallest absolute Gasteiger partial charge is 0.319 e. The average Bonchev–Trinajstić information content (AvgIpc) is 2.66. The van der Waals surface area contributed by atoms with Crippen molar-refractivity contribution in [2.24, 2.45) is 10.7 Å². The number of ketones is 1. The highest BCUT2D eigenvalue weighted by Crippen LogP contribution is 2.23. The number of allylic oxidation sites excluding steroid dienone is 3. The molecular formula is C20H27N5O4S. The molecule has 2 rings (SSSR count). The summed E-state index contributed by atoms with van der Waals surface area (Å²) in [4.78, 5) is 31.3. The zero-order chi connectivity index (χ0) is 22.5. The van der Waals surface area contributed by atoms with Crippen molar-refractivity contribution in [3.63, 3.8) is 0 Å². The molecule has 0 radical (unpaired) electrons. The molecule has 0 saturated carbocycles. The van der Waals surface area contributed by atoms with Crippen molar-refractivity contribution >= 4 is 38.9 Å². The summed E-state index contributed by atoms with van der Waals surface area (Å²) in [5.41, 5.74) is 8.30.